The summed E-state index contributed by atoms with van der Waals surface area (Å²) < 4.78 is 3.29. The number of aromatic nitrogens is 1. The van der Waals surface area contributed by atoms with Gasteiger partial charge in [-0.15, -0.1) is 11.3 Å². The normalized spacial score (nSPS) is 27.9. The lowest BCUT2D eigenvalue weighted by Gasteiger charge is -2.45. The number of piperidine rings is 1. The highest BCUT2D eigenvalue weighted by Gasteiger charge is 2.48. The van der Waals surface area contributed by atoms with Gasteiger partial charge in [-0.05, 0) is 69.5 Å². The second-order valence-corrected chi connectivity index (χ2v) is 13.6. The Morgan fingerprint density at radius 2 is 1.78 bits per heavy atom. The summed E-state index contributed by atoms with van der Waals surface area (Å²) >= 11 is 1.77. The number of aryl methyl sites for hydroxylation is 1. The fraction of sp³-hybridized carbons (Fsp3) is 0.733. The Hall–Kier alpha value is -1.86. The largest absolute Gasteiger partial charge is 0.351 e. The Labute approximate surface area is 226 Å². The molecule has 0 spiro atoms. The Morgan fingerprint density at radius 3 is 2.46 bits per heavy atom. The monoisotopic (exact) mass is 526 g/mol. The van der Waals surface area contributed by atoms with Crippen LogP contribution in [0.4, 0.5) is 0 Å². The second kappa shape index (κ2) is 11.1. The Morgan fingerprint density at radius 1 is 1.08 bits per heavy atom. The average Bonchev–Trinajstić information content (AvgIpc) is 3.29. The number of fused-ring (bicyclic) bond motifs is 3. The molecule has 0 radical (unpaired) electrons. The molecule has 2 fully saturated rings. The van der Waals surface area contributed by atoms with E-state index in [1.54, 1.807) is 11.3 Å². The van der Waals surface area contributed by atoms with Crippen molar-refractivity contribution in [2.24, 2.45) is 11.8 Å². The highest BCUT2D eigenvalue weighted by Crippen LogP contribution is 2.36. The Bertz CT molecular complexity index is 1100. The van der Waals surface area contributed by atoms with E-state index in [1.165, 1.54) is 37.0 Å². The van der Waals surface area contributed by atoms with Crippen LogP contribution in [0.2, 0.25) is 0 Å². The van der Waals surface area contributed by atoms with Crippen LogP contribution in [-0.4, -0.2) is 63.9 Å². The first-order chi connectivity index (χ1) is 17.8. The summed E-state index contributed by atoms with van der Waals surface area (Å²) in [4.78, 5) is 33.8. The molecule has 1 saturated carbocycles. The van der Waals surface area contributed by atoms with Crippen molar-refractivity contribution in [3.63, 3.8) is 0 Å². The van der Waals surface area contributed by atoms with Crippen molar-refractivity contribution in [2.75, 3.05) is 26.2 Å². The van der Waals surface area contributed by atoms with Crippen LogP contribution in [0.15, 0.2) is 12.1 Å². The summed E-state index contributed by atoms with van der Waals surface area (Å²) in [6, 6.07) is 4.50. The number of nitrogens with zero attached hydrogens (tertiary/aromatic N) is 3. The lowest BCUT2D eigenvalue weighted by molar-refractivity contribution is -0.133. The van der Waals surface area contributed by atoms with Crippen LogP contribution in [0, 0.1) is 11.8 Å². The van der Waals surface area contributed by atoms with E-state index in [9.17, 15) is 9.59 Å². The Kier molecular flexibility index (Phi) is 8.02. The van der Waals surface area contributed by atoms with E-state index in [0.29, 0.717) is 13.1 Å². The van der Waals surface area contributed by atoms with Crippen LogP contribution in [0.3, 0.4) is 0 Å². The van der Waals surface area contributed by atoms with E-state index < -0.39 is 5.54 Å². The topological polar surface area (TPSA) is 57.6 Å². The van der Waals surface area contributed by atoms with E-state index in [4.69, 9.17) is 0 Å². The molecular weight excluding hydrogens is 480 g/mol. The van der Waals surface area contributed by atoms with E-state index in [0.717, 1.165) is 73.1 Å². The van der Waals surface area contributed by atoms with Crippen LogP contribution in [0.5, 0.6) is 0 Å². The fourth-order valence-corrected chi connectivity index (χ4v) is 8.15. The summed E-state index contributed by atoms with van der Waals surface area (Å²) in [5.41, 5.74) is 0.956. The molecule has 2 aliphatic heterocycles. The standard InChI is InChI=1S/C30H46N4O2S/c1-5-24-16-25-27(37-24)17-26-28(35)34(14-10-13-32-18-21(2)15-22(3)19-32)30(4,20-33(25)26)29(36)31-23-11-8-6-7-9-12-23/h16-17,21-23H,5-15,18-20H2,1-4H3,(H,31,36). The van der Waals surface area contributed by atoms with Gasteiger partial charge in [0.05, 0.1) is 16.8 Å². The first-order valence-corrected chi connectivity index (χ1v) is 15.6. The van der Waals surface area contributed by atoms with Crippen molar-refractivity contribution in [1.29, 1.82) is 0 Å². The summed E-state index contributed by atoms with van der Waals surface area (Å²) in [6.07, 6.45) is 10.1. The molecule has 5 rings (SSSR count). The van der Waals surface area contributed by atoms with Crippen LogP contribution >= 0.6 is 11.3 Å². The number of thiophene rings is 1. The maximum Gasteiger partial charge on any atom is 0.271 e. The predicted octanol–water partition coefficient (Wildman–Crippen LogP) is 5.69. The van der Waals surface area contributed by atoms with E-state index >= 15 is 0 Å². The quantitative estimate of drug-likeness (QED) is 0.472. The number of amides is 2. The van der Waals surface area contributed by atoms with Crippen LogP contribution in [0.1, 0.15) is 94.4 Å². The molecular formula is C30H46N4O2S. The molecule has 1 N–H and O–H groups in total. The van der Waals surface area contributed by atoms with Gasteiger partial charge in [0.25, 0.3) is 5.91 Å². The summed E-state index contributed by atoms with van der Waals surface area (Å²) in [5, 5.41) is 3.40. The lowest BCUT2D eigenvalue weighted by atomic mass is 9.91. The molecule has 3 aliphatic rings. The van der Waals surface area contributed by atoms with Crippen LogP contribution < -0.4 is 5.32 Å². The smallest absolute Gasteiger partial charge is 0.271 e. The highest BCUT2D eigenvalue weighted by molar-refractivity contribution is 7.19. The second-order valence-electron chi connectivity index (χ2n) is 12.4. The van der Waals surface area contributed by atoms with E-state index in [-0.39, 0.29) is 17.9 Å². The third-order valence-corrected chi connectivity index (χ3v) is 10.2. The highest BCUT2D eigenvalue weighted by atomic mass is 32.1. The molecule has 2 aromatic heterocycles. The van der Waals surface area contributed by atoms with Gasteiger partial charge in [-0.3, -0.25) is 9.59 Å². The van der Waals surface area contributed by atoms with Crippen molar-refractivity contribution in [3.05, 3.63) is 22.7 Å². The minimum Gasteiger partial charge on any atom is -0.351 e. The molecule has 3 atom stereocenters. The number of carbonyl (C=O) groups is 2. The molecule has 4 heterocycles. The molecule has 2 aromatic rings. The maximum absolute atomic E-state index is 14.0. The maximum atomic E-state index is 14.0. The minimum atomic E-state index is -0.890. The third-order valence-electron chi connectivity index (χ3n) is 9.00. The SMILES string of the molecule is CCc1cc2c(cc3n2CC(C)(C(=O)NC2CCCCCC2)N(CCCN2CC(C)CC(C)C2)C3=O)s1. The molecule has 1 saturated heterocycles. The van der Waals surface area contributed by atoms with Crippen LogP contribution in [0.25, 0.3) is 10.2 Å². The van der Waals surface area contributed by atoms with Crippen molar-refractivity contribution < 1.29 is 9.59 Å². The summed E-state index contributed by atoms with van der Waals surface area (Å²) in [6.45, 7) is 13.2. The van der Waals surface area contributed by atoms with Gasteiger partial charge in [0.2, 0.25) is 5.91 Å². The van der Waals surface area contributed by atoms with Crippen molar-refractivity contribution in [3.8, 4) is 0 Å². The number of likely N-dealkylation sites (tertiary alicyclic amines) is 1. The zero-order valence-electron chi connectivity index (χ0n) is 23.4. The number of hydrogen-bond donors (Lipinski definition) is 1. The molecule has 6 nitrogen and oxygen atoms in total. The number of nitrogens with one attached hydrogen (secondary N) is 1. The first kappa shape index (κ1) is 26.7. The molecule has 37 heavy (non-hydrogen) atoms. The minimum absolute atomic E-state index is 0.00611. The van der Waals surface area contributed by atoms with Gasteiger partial charge in [0.1, 0.15) is 11.2 Å². The third kappa shape index (κ3) is 5.49. The lowest BCUT2D eigenvalue weighted by Crippen LogP contribution is -2.65. The predicted molar refractivity (Wildman–Crippen MR) is 152 cm³/mol. The first-order valence-electron chi connectivity index (χ1n) is 14.8. The molecule has 1 aliphatic carbocycles. The average molecular weight is 527 g/mol. The van der Waals surface area contributed by atoms with E-state index in [2.05, 4.69) is 47.7 Å². The van der Waals surface area contributed by atoms with Gasteiger partial charge in [-0.2, -0.15) is 0 Å². The molecule has 0 bridgehead atoms. The van der Waals surface area contributed by atoms with Crippen molar-refractivity contribution in [2.45, 2.75) is 104 Å². The van der Waals surface area contributed by atoms with Gasteiger partial charge in [0, 0.05) is 30.6 Å². The van der Waals surface area contributed by atoms with Gasteiger partial charge < -0.3 is 19.7 Å². The zero-order chi connectivity index (χ0) is 26.2. The molecule has 3 unspecified atom stereocenters. The summed E-state index contributed by atoms with van der Waals surface area (Å²) in [5.74, 6) is 1.47. The van der Waals surface area contributed by atoms with E-state index in [1.807, 2.05) is 11.8 Å². The van der Waals surface area contributed by atoms with Gasteiger partial charge >= 0.3 is 0 Å². The molecule has 0 aromatic carbocycles. The number of carbonyl (C=O) groups excluding carboxylic acids is 2. The summed E-state index contributed by atoms with van der Waals surface area (Å²) in [7, 11) is 0. The molecule has 2 amide bonds. The van der Waals surface area contributed by atoms with Gasteiger partial charge in [-0.1, -0.05) is 46.5 Å². The number of rotatable bonds is 7. The van der Waals surface area contributed by atoms with Crippen molar-refractivity contribution in [1.82, 2.24) is 19.7 Å². The van der Waals surface area contributed by atoms with Gasteiger partial charge in [0.15, 0.2) is 0 Å². The fourth-order valence-electron chi connectivity index (χ4n) is 7.10. The van der Waals surface area contributed by atoms with Gasteiger partial charge in [-0.25, -0.2) is 0 Å². The van der Waals surface area contributed by atoms with Crippen LogP contribution in [-0.2, 0) is 17.8 Å². The Balaban J connectivity index is 1.39. The number of hydrogen-bond acceptors (Lipinski definition) is 4. The van der Waals surface area contributed by atoms with Crippen molar-refractivity contribution >= 4 is 33.4 Å². The molecule has 204 valence electrons. The molecule has 7 heteroatoms. The zero-order valence-corrected chi connectivity index (χ0v) is 24.2.